The highest BCUT2D eigenvalue weighted by Crippen LogP contribution is 2.36. The molecule has 0 saturated heterocycles. The Hall–Kier alpha value is -2.64. The van der Waals surface area contributed by atoms with Crippen molar-refractivity contribution in [3.8, 4) is 22.5 Å². The van der Waals surface area contributed by atoms with Crippen LogP contribution in [0.4, 0.5) is 4.39 Å². The lowest BCUT2D eigenvalue weighted by molar-refractivity contribution is 0.211. The van der Waals surface area contributed by atoms with E-state index in [-0.39, 0.29) is 17.0 Å². The summed E-state index contributed by atoms with van der Waals surface area (Å²) < 4.78 is 15.5. The summed E-state index contributed by atoms with van der Waals surface area (Å²) in [5.74, 6) is 0.245. The van der Waals surface area contributed by atoms with Gasteiger partial charge in [0.25, 0.3) is 0 Å². The summed E-state index contributed by atoms with van der Waals surface area (Å²) >= 11 is 5.30. The fourth-order valence-electron chi connectivity index (χ4n) is 3.27. The quantitative estimate of drug-likeness (QED) is 0.655. The maximum atomic E-state index is 13.4. The van der Waals surface area contributed by atoms with Gasteiger partial charge in [0.05, 0.1) is 17.6 Å². The van der Waals surface area contributed by atoms with Crippen LogP contribution in [0.25, 0.3) is 22.5 Å². The Bertz CT molecular complexity index is 935. The summed E-state index contributed by atoms with van der Waals surface area (Å²) in [6, 6.07) is 10.1. The zero-order valence-corrected chi connectivity index (χ0v) is 16.4. The molecule has 0 aliphatic carbocycles. The molecule has 0 saturated carbocycles. The largest absolute Gasteiger partial charge is 0.387 e. The number of halogens is 1. The third-order valence-corrected chi connectivity index (χ3v) is 4.64. The zero-order chi connectivity index (χ0) is 19.6. The van der Waals surface area contributed by atoms with Crippen molar-refractivity contribution >= 4 is 17.2 Å². The average Bonchev–Trinajstić information content (AvgIpc) is 3.04. The van der Waals surface area contributed by atoms with Crippen molar-refractivity contribution in [3.05, 3.63) is 60.4 Å². The van der Waals surface area contributed by atoms with Gasteiger partial charge in [0, 0.05) is 23.5 Å². The Morgan fingerprint density at radius 2 is 1.78 bits per heavy atom. The van der Waals surface area contributed by atoms with Crippen LogP contribution in [0.1, 0.15) is 25.3 Å². The van der Waals surface area contributed by atoms with Gasteiger partial charge >= 0.3 is 0 Å². The van der Waals surface area contributed by atoms with Crippen LogP contribution in [0.15, 0.2) is 48.8 Å². The van der Waals surface area contributed by atoms with Crippen LogP contribution in [0.2, 0.25) is 0 Å². The van der Waals surface area contributed by atoms with E-state index in [1.54, 1.807) is 24.5 Å². The summed E-state index contributed by atoms with van der Waals surface area (Å²) in [7, 11) is 4.01. The molecule has 3 rings (SSSR count). The van der Waals surface area contributed by atoms with Gasteiger partial charge in [-0.05, 0) is 56.9 Å². The van der Waals surface area contributed by atoms with Crippen molar-refractivity contribution in [1.29, 1.82) is 0 Å². The average molecular weight is 383 g/mol. The minimum Gasteiger partial charge on any atom is -0.387 e. The highest BCUT2D eigenvalue weighted by Gasteiger charge is 2.26. The first-order valence-corrected chi connectivity index (χ1v) is 9.09. The third-order valence-electron chi connectivity index (χ3n) is 4.46. The molecule has 7 heteroatoms. The first-order chi connectivity index (χ1) is 12.9. The fraction of sp³-hybridized carbons (Fsp3) is 0.250. The minimum atomic E-state index is -0.294. The van der Waals surface area contributed by atoms with Crippen LogP contribution < -0.4 is 5.73 Å². The van der Waals surface area contributed by atoms with Crippen molar-refractivity contribution in [2.75, 3.05) is 14.1 Å². The highest BCUT2D eigenvalue weighted by atomic mass is 32.1. The van der Waals surface area contributed by atoms with Gasteiger partial charge in [0.1, 0.15) is 10.8 Å². The zero-order valence-electron chi connectivity index (χ0n) is 15.6. The lowest BCUT2D eigenvalue weighted by atomic mass is 10.1. The lowest BCUT2D eigenvalue weighted by Gasteiger charge is -2.28. The minimum absolute atomic E-state index is 0.00589. The Morgan fingerprint density at radius 1 is 1.15 bits per heavy atom. The molecule has 0 bridgehead atoms. The smallest absolute Gasteiger partial charge is 0.169 e. The van der Waals surface area contributed by atoms with Crippen LogP contribution in [0.5, 0.6) is 0 Å². The summed E-state index contributed by atoms with van der Waals surface area (Å²) in [5.41, 5.74) is 9.36. The molecular formula is C20H22FN5S. The van der Waals surface area contributed by atoms with Crippen molar-refractivity contribution < 1.29 is 4.39 Å². The van der Waals surface area contributed by atoms with Gasteiger partial charge in [-0.2, -0.15) is 0 Å². The molecule has 0 fully saturated rings. The summed E-state index contributed by atoms with van der Waals surface area (Å²) in [4.78, 5) is 11.2. The number of thiocarbonyl (C=S) groups is 1. The Kier molecular flexibility index (Phi) is 5.62. The number of hydrogen-bond acceptors (Lipinski definition) is 4. The van der Waals surface area contributed by atoms with Crippen molar-refractivity contribution in [2.24, 2.45) is 5.73 Å². The molecule has 0 aliphatic rings. The Balaban J connectivity index is 2.37. The standard InChI is InChI=1S/C20H22FN5S/c1-4-16(25(2)3)26-18(14-9-11-23-12-10-14)17(24-20(26)19(22)27)13-5-7-15(21)8-6-13/h5-12,16H,4H2,1-3H3,(H2,22,27). The molecule has 3 aromatic rings. The van der Waals surface area contributed by atoms with Gasteiger partial charge in [-0.3, -0.25) is 9.88 Å². The number of benzene rings is 1. The van der Waals surface area contributed by atoms with Gasteiger partial charge in [0.15, 0.2) is 5.82 Å². The van der Waals surface area contributed by atoms with E-state index in [1.165, 1.54) is 12.1 Å². The van der Waals surface area contributed by atoms with E-state index in [4.69, 9.17) is 22.9 Å². The number of imidazole rings is 1. The molecular weight excluding hydrogens is 361 g/mol. The van der Waals surface area contributed by atoms with Gasteiger partial charge in [-0.15, -0.1) is 0 Å². The molecule has 0 aliphatic heterocycles. The first-order valence-electron chi connectivity index (χ1n) is 8.68. The first kappa shape index (κ1) is 19.1. The number of aromatic nitrogens is 3. The number of hydrogen-bond donors (Lipinski definition) is 1. The predicted octanol–water partition coefficient (Wildman–Crippen LogP) is 3.86. The maximum Gasteiger partial charge on any atom is 0.169 e. The second-order valence-electron chi connectivity index (χ2n) is 6.46. The van der Waals surface area contributed by atoms with Gasteiger partial charge in [-0.1, -0.05) is 19.1 Å². The van der Waals surface area contributed by atoms with E-state index >= 15 is 0 Å². The predicted molar refractivity (Wildman–Crippen MR) is 110 cm³/mol. The molecule has 0 amide bonds. The van der Waals surface area contributed by atoms with E-state index in [0.29, 0.717) is 11.5 Å². The normalized spacial score (nSPS) is 12.3. The molecule has 140 valence electrons. The Labute approximate surface area is 163 Å². The topological polar surface area (TPSA) is 60.0 Å². The fourth-order valence-corrected chi connectivity index (χ4v) is 3.41. The Morgan fingerprint density at radius 3 is 2.30 bits per heavy atom. The van der Waals surface area contributed by atoms with Crippen LogP contribution in [-0.4, -0.2) is 38.5 Å². The van der Waals surface area contributed by atoms with Crippen molar-refractivity contribution in [1.82, 2.24) is 19.4 Å². The molecule has 1 unspecified atom stereocenters. The van der Waals surface area contributed by atoms with Crippen LogP contribution in [0, 0.1) is 5.82 Å². The van der Waals surface area contributed by atoms with E-state index in [2.05, 4.69) is 21.4 Å². The van der Waals surface area contributed by atoms with E-state index in [0.717, 1.165) is 23.2 Å². The number of pyridine rings is 1. The van der Waals surface area contributed by atoms with E-state index < -0.39 is 0 Å². The number of nitrogens with zero attached hydrogens (tertiary/aromatic N) is 4. The summed E-state index contributed by atoms with van der Waals surface area (Å²) in [5, 5.41) is 0. The third kappa shape index (κ3) is 3.74. The lowest BCUT2D eigenvalue weighted by Crippen LogP contribution is -2.29. The van der Waals surface area contributed by atoms with Gasteiger partial charge < -0.3 is 10.3 Å². The van der Waals surface area contributed by atoms with Crippen molar-refractivity contribution in [2.45, 2.75) is 19.5 Å². The molecule has 27 heavy (non-hydrogen) atoms. The maximum absolute atomic E-state index is 13.4. The van der Waals surface area contributed by atoms with E-state index in [1.807, 2.05) is 26.2 Å². The molecule has 2 aromatic heterocycles. The van der Waals surface area contributed by atoms with Crippen molar-refractivity contribution in [3.63, 3.8) is 0 Å². The molecule has 2 N–H and O–H groups in total. The molecule has 5 nitrogen and oxygen atoms in total. The van der Waals surface area contributed by atoms with Crippen LogP contribution in [0.3, 0.4) is 0 Å². The number of rotatable bonds is 6. The molecule has 2 heterocycles. The second kappa shape index (κ2) is 7.94. The summed E-state index contributed by atoms with van der Waals surface area (Å²) in [6.45, 7) is 2.10. The SMILES string of the molecule is CCC(N(C)C)n1c(C(N)=S)nc(-c2ccc(F)cc2)c1-c1ccncc1. The molecule has 1 aromatic carbocycles. The monoisotopic (exact) mass is 383 g/mol. The molecule has 1 atom stereocenters. The van der Waals surface area contributed by atoms with E-state index in [9.17, 15) is 4.39 Å². The van der Waals surface area contributed by atoms with Crippen LogP contribution in [-0.2, 0) is 0 Å². The second-order valence-corrected chi connectivity index (χ2v) is 6.90. The highest BCUT2D eigenvalue weighted by molar-refractivity contribution is 7.80. The van der Waals surface area contributed by atoms with Gasteiger partial charge in [-0.25, -0.2) is 9.37 Å². The molecule has 0 radical (unpaired) electrons. The molecule has 0 spiro atoms. The van der Waals surface area contributed by atoms with Crippen LogP contribution >= 0.6 is 12.2 Å². The van der Waals surface area contributed by atoms with Gasteiger partial charge in [0.2, 0.25) is 0 Å². The number of nitrogens with two attached hydrogens (primary N) is 1. The summed E-state index contributed by atoms with van der Waals surface area (Å²) in [6.07, 6.45) is 4.31.